The first-order valence-electron chi connectivity index (χ1n) is 5.01. The van der Waals surface area contributed by atoms with Crippen molar-refractivity contribution in [2.24, 2.45) is 5.73 Å². The molecule has 0 aromatic carbocycles. The molecule has 0 aromatic heterocycles. The van der Waals surface area contributed by atoms with E-state index in [0.717, 1.165) is 6.54 Å². The molecular weight excluding hydrogens is 164 g/mol. The van der Waals surface area contributed by atoms with Crippen LogP contribution in [0.4, 0.5) is 0 Å². The van der Waals surface area contributed by atoms with Gasteiger partial charge in [0.05, 0.1) is 0 Å². The van der Waals surface area contributed by atoms with Gasteiger partial charge in [-0.3, -0.25) is 4.79 Å². The van der Waals surface area contributed by atoms with Crippen molar-refractivity contribution in [3.63, 3.8) is 0 Å². The third kappa shape index (κ3) is 7.78. The Labute approximate surface area is 81.1 Å². The van der Waals surface area contributed by atoms with Crippen LogP contribution in [0.25, 0.3) is 0 Å². The minimum Gasteiger partial charge on any atom is -0.370 e. The van der Waals surface area contributed by atoms with Gasteiger partial charge in [0.25, 0.3) is 0 Å². The zero-order valence-electron chi connectivity index (χ0n) is 9.02. The van der Waals surface area contributed by atoms with E-state index in [1.54, 1.807) is 0 Å². The van der Waals surface area contributed by atoms with Crippen molar-refractivity contribution in [1.82, 2.24) is 5.32 Å². The standard InChI is InChI=1S/C10H22N2O/c1-4-5-6-7-12-10(2,3)8-9(11)13/h12H,4-8H2,1-3H3,(H2,11,13). The molecular formula is C10H22N2O. The third-order valence-electron chi connectivity index (χ3n) is 2.00. The fraction of sp³-hybridized carbons (Fsp3) is 0.900. The van der Waals surface area contributed by atoms with Crippen molar-refractivity contribution >= 4 is 5.91 Å². The topological polar surface area (TPSA) is 55.1 Å². The summed E-state index contributed by atoms with van der Waals surface area (Å²) in [4.78, 5) is 10.7. The van der Waals surface area contributed by atoms with Crippen molar-refractivity contribution in [2.75, 3.05) is 6.54 Å². The van der Waals surface area contributed by atoms with Gasteiger partial charge >= 0.3 is 0 Å². The number of hydrogen-bond acceptors (Lipinski definition) is 2. The number of nitrogens with one attached hydrogen (secondary N) is 1. The van der Waals surface area contributed by atoms with Crippen LogP contribution in [0.2, 0.25) is 0 Å². The molecule has 0 bridgehead atoms. The van der Waals surface area contributed by atoms with Crippen LogP contribution in [0.3, 0.4) is 0 Å². The lowest BCUT2D eigenvalue weighted by molar-refractivity contribution is -0.119. The molecule has 3 N–H and O–H groups in total. The van der Waals surface area contributed by atoms with Crippen molar-refractivity contribution in [3.8, 4) is 0 Å². The lowest BCUT2D eigenvalue weighted by Gasteiger charge is -2.24. The van der Waals surface area contributed by atoms with Crippen LogP contribution in [-0.2, 0) is 4.79 Å². The van der Waals surface area contributed by atoms with Crippen molar-refractivity contribution in [2.45, 2.75) is 52.0 Å². The molecule has 3 heteroatoms. The fourth-order valence-corrected chi connectivity index (χ4v) is 1.30. The molecule has 0 rings (SSSR count). The van der Waals surface area contributed by atoms with Crippen molar-refractivity contribution in [3.05, 3.63) is 0 Å². The van der Waals surface area contributed by atoms with E-state index in [0.29, 0.717) is 6.42 Å². The molecule has 0 aliphatic carbocycles. The number of carbonyl (C=O) groups is 1. The first-order chi connectivity index (χ1) is 5.98. The van der Waals surface area contributed by atoms with Crippen LogP contribution >= 0.6 is 0 Å². The molecule has 0 fully saturated rings. The summed E-state index contributed by atoms with van der Waals surface area (Å²) in [5, 5.41) is 3.32. The van der Waals surface area contributed by atoms with Crippen LogP contribution in [0, 0.1) is 0 Å². The zero-order valence-corrected chi connectivity index (χ0v) is 9.02. The van der Waals surface area contributed by atoms with Gasteiger partial charge in [-0.1, -0.05) is 19.8 Å². The van der Waals surface area contributed by atoms with Crippen LogP contribution in [-0.4, -0.2) is 18.0 Å². The minimum atomic E-state index is -0.243. The van der Waals surface area contributed by atoms with E-state index in [9.17, 15) is 4.79 Å². The largest absolute Gasteiger partial charge is 0.370 e. The quantitative estimate of drug-likeness (QED) is 0.591. The van der Waals surface area contributed by atoms with E-state index in [2.05, 4.69) is 12.2 Å². The Morgan fingerprint density at radius 2 is 2.00 bits per heavy atom. The molecule has 0 saturated carbocycles. The van der Waals surface area contributed by atoms with E-state index in [1.807, 2.05) is 13.8 Å². The van der Waals surface area contributed by atoms with Crippen molar-refractivity contribution in [1.29, 1.82) is 0 Å². The number of hydrogen-bond donors (Lipinski definition) is 2. The smallest absolute Gasteiger partial charge is 0.219 e. The summed E-state index contributed by atoms with van der Waals surface area (Å²) >= 11 is 0. The lowest BCUT2D eigenvalue weighted by atomic mass is 10.00. The van der Waals surface area contributed by atoms with Crippen LogP contribution < -0.4 is 11.1 Å². The number of primary amides is 1. The molecule has 0 unspecified atom stereocenters. The molecule has 0 atom stereocenters. The van der Waals surface area contributed by atoms with Crippen molar-refractivity contribution < 1.29 is 4.79 Å². The van der Waals surface area contributed by atoms with Gasteiger partial charge in [0.2, 0.25) is 5.91 Å². The van der Waals surface area contributed by atoms with E-state index in [4.69, 9.17) is 5.73 Å². The summed E-state index contributed by atoms with van der Waals surface area (Å²) < 4.78 is 0. The maximum atomic E-state index is 10.7. The third-order valence-corrected chi connectivity index (χ3v) is 2.00. The van der Waals surface area contributed by atoms with E-state index in [1.165, 1.54) is 19.3 Å². The maximum Gasteiger partial charge on any atom is 0.219 e. The van der Waals surface area contributed by atoms with Gasteiger partial charge in [0.15, 0.2) is 0 Å². The predicted octanol–water partition coefficient (Wildman–Crippen LogP) is 1.42. The number of amides is 1. The Balaban J connectivity index is 3.56. The summed E-state index contributed by atoms with van der Waals surface area (Å²) in [5.41, 5.74) is 4.98. The lowest BCUT2D eigenvalue weighted by Crippen LogP contribution is -2.43. The van der Waals surface area contributed by atoms with E-state index >= 15 is 0 Å². The zero-order chi connectivity index (χ0) is 10.3. The first-order valence-corrected chi connectivity index (χ1v) is 5.01. The van der Waals surface area contributed by atoms with Gasteiger partial charge < -0.3 is 11.1 Å². The second-order valence-electron chi connectivity index (χ2n) is 4.16. The van der Waals surface area contributed by atoms with Crippen LogP contribution in [0.5, 0.6) is 0 Å². The Kier molecular flexibility index (Phi) is 5.71. The number of unbranched alkanes of at least 4 members (excludes halogenated alkanes) is 2. The van der Waals surface area contributed by atoms with E-state index < -0.39 is 0 Å². The Bertz CT molecular complexity index is 155. The van der Waals surface area contributed by atoms with Crippen LogP contribution in [0.1, 0.15) is 46.5 Å². The second-order valence-corrected chi connectivity index (χ2v) is 4.16. The second kappa shape index (κ2) is 5.97. The van der Waals surface area contributed by atoms with Crippen LogP contribution in [0.15, 0.2) is 0 Å². The molecule has 0 aliphatic rings. The Morgan fingerprint density at radius 1 is 1.38 bits per heavy atom. The molecule has 0 aromatic rings. The summed E-state index contributed by atoms with van der Waals surface area (Å²) in [5.74, 6) is -0.243. The molecule has 3 nitrogen and oxygen atoms in total. The molecule has 0 radical (unpaired) electrons. The molecule has 0 saturated heterocycles. The molecule has 0 heterocycles. The highest BCUT2D eigenvalue weighted by Crippen LogP contribution is 2.07. The average molecular weight is 186 g/mol. The maximum absolute atomic E-state index is 10.7. The van der Waals surface area contributed by atoms with Gasteiger partial charge in [0, 0.05) is 12.0 Å². The Morgan fingerprint density at radius 3 is 2.46 bits per heavy atom. The monoisotopic (exact) mass is 186 g/mol. The highest BCUT2D eigenvalue weighted by Gasteiger charge is 2.18. The van der Waals surface area contributed by atoms with Gasteiger partial charge in [-0.2, -0.15) is 0 Å². The summed E-state index contributed by atoms with van der Waals surface area (Å²) in [6.45, 7) is 7.15. The average Bonchev–Trinajstić information content (AvgIpc) is 1.95. The highest BCUT2D eigenvalue weighted by molar-refractivity contribution is 5.74. The number of carbonyl (C=O) groups excluding carboxylic acids is 1. The van der Waals surface area contributed by atoms with Gasteiger partial charge in [-0.25, -0.2) is 0 Å². The number of rotatable bonds is 7. The molecule has 78 valence electrons. The first kappa shape index (κ1) is 12.4. The van der Waals surface area contributed by atoms with E-state index in [-0.39, 0.29) is 11.4 Å². The minimum absolute atomic E-state index is 0.153. The fourth-order valence-electron chi connectivity index (χ4n) is 1.30. The highest BCUT2D eigenvalue weighted by atomic mass is 16.1. The molecule has 0 spiro atoms. The summed E-state index contributed by atoms with van der Waals surface area (Å²) in [7, 11) is 0. The van der Waals surface area contributed by atoms with Gasteiger partial charge in [0.1, 0.15) is 0 Å². The SMILES string of the molecule is CCCCCNC(C)(C)CC(N)=O. The molecule has 13 heavy (non-hydrogen) atoms. The molecule has 0 aliphatic heterocycles. The summed E-state index contributed by atoms with van der Waals surface area (Å²) in [6.07, 6.45) is 4.02. The van der Waals surface area contributed by atoms with Gasteiger partial charge in [-0.05, 0) is 26.8 Å². The predicted molar refractivity (Wildman–Crippen MR) is 55.4 cm³/mol. The van der Waals surface area contributed by atoms with Gasteiger partial charge in [-0.15, -0.1) is 0 Å². The molecule has 1 amide bonds. The number of nitrogens with two attached hydrogens (primary N) is 1. The normalized spacial score (nSPS) is 11.6. The Hall–Kier alpha value is -0.570. The summed E-state index contributed by atoms with van der Waals surface area (Å²) in [6, 6.07) is 0.